The number of halogens is 2. The Hall–Kier alpha value is -3.35. The molecule has 0 aliphatic heterocycles. The molecular formula is C23H18Cl2N2O4. The number of anilines is 1. The summed E-state index contributed by atoms with van der Waals surface area (Å²) in [6.07, 6.45) is 0. The van der Waals surface area contributed by atoms with E-state index in [2.05, 4.69) is 10.6 Å². The molecule has 3 rings (SSSR count). The fourth-order valence-corrected chi connectivity index (χ4v) is 3.10. The third-order valence-electron chi connectivity index (χ3n) is 4.20. The number of carbonyl (C=O) groups is 3. The standard InChI is InChI=1S/C23H18Cl2N2O4/c1-14(28)31-19-4-2-3-16(11-19)22(29)26-13-15-5-8-18(9-6-15)27-23(30)20-12-17(24)7-10-21(20)25/h2-12H,13H2,1H3,(H,26,29)(H,27,30). The number of ether oxygens (including phenoxy) is 1. The lowest BCUT2D eigenvalue weighted by molar-refractivity contribution is -0.131. The summed E-state index contributed by atoms with van der Waals surface area (Å²) in [5, 5.41) is 6.27. The molecule has 0 fully saturated rings. The van der Waals surface area contributed by atoms with Gasteiger partial charge >= 0.3 is 5.97 Å². The summed E-state index contributed by atoms with van der Waals surface area (Å²) < 4.78 is 4.99. The molecule has 0 aliphatic rings. The molecule has 0 atom stereocenters. The van der Waals surface area contributed by atoms with Crippen LogP contribution in [0.3, 0.4) is 0 Å². The van der Waals surface area contributed by atoms with Crippen molar-refractivity contribution < 1.29 is 19.1 Å². The summed E-state index contributed by atoms with van der Waals surface area (Å²) in [4.78, 5) is 35.8. The Bertz CT molecular complexity index is 1130. The van der Waals surface area contributed by atoms with Gasteiger partial charge in [0.15, 0.2) is 0 Å². The predicted molar refractivity (Wildman–Crippen MR) is 120 cm³/mol. The normalized spacial score (nSPS) is 10.3. The maximum absolute atomic E-state index is 12.4. The number of amides is 2. The van der Waals surface area contributed by atoms with Crippen LogP contribution in [0.5, 0.6) is 5.75 Å². The summed E-state index contributed by atoms with van der Waals surface area (Å²) in [5.41, 5.74) is 2.07. The molecule has 3 aromatic carbocycles. The van der Waals surface area contributed by atoms with E-state index in [-0.39, 0.29) is 23.9 Å². The van der Waals surface area contributed by atoms with Crippen molar-refractivity contribution in [2.45, 2.75) is 13.5 Å². The third kappa shape index (κ3) is 6.31. The number of carbonyl (C=O) groups excluding carboxylic acids is 3. The molecule has 2 amide bonds. The second kappa shape index (κ2) is 10.1. The van der Waals surface area contributed by atoms with Crippen molar-refractivity contribution in [3.63, 3.8) is 0 Å². The molecule has 0 saturated heterocycles. The van der Waals surface area contributed by atoms with Crippen LogP contribution in [0.2, 0.25) is 10.0 Å². The van der Waals surface area contributed by atoms with E-state index >= 15 is 0 Å². The summed E-state index contributed by atoms with van der Waals surface area (Å²) in [6, 6.07) is 18.0. The Morgan fingerprint density at radius 1 is 0.903 bits per heavy atom. The van der Waals surface area contributed by atoms with E-state index in [1.807, 2.05) is 0 Å². The Labute approximate surface area is 189 Å². The molecule has 0 heterocycles. The molecule has 158 valence electrons. The Kier molecular flexibility index (Phi) is 7.28. The van der Waals surface area contributed by atoms with Crippen molar-refractivity contribution in [1.29, 1.82) is 0 Å². The van der Waals surface area contributed by atoms with Crippen LogP contribution in [0.25, 0.3) is 0 Å². The average molecular weight is 457 g/mol. The first-order chi connectivity index (χ1) is 14.8. The van der Waals surface area contributed by atoms with Crippen molar-refractivity contribution in [1.82, 2.24) is 5.32 Å². The summed E-state index contributed by atoms with van der Waals surface area (Å²) >= 11 is 12.0. The highest BCUT2D eigenvalue weighted by Crippen LogP contribution is 2.22. The SMILES string of the molecule is CC(=O)Oc1cccc(C(=O)NCc2ccc(NC(=O)c3cc(Cl)ccc3Cl)cc2)c1. The molecule has 0 spiro atoms. The fraction of sp³-hybridized carbons (Fsp3) is 0.0870. The van der Waals surface area contributed by atoms with Gasteiger partial charge < -0.3 is 15.4 Å². The molecule has 0 radical (unpaired) electrons. The number of esters is 1. The highest BCUT2D eigenvalue weighted by atomic mass is 35.5. The Morgan fingerprint density at radius 3 is 2.35 bits per heavy atom. The van der Waals surface area contributed by atoms with Crippen LogP contribution in [0.15, 0.2) is 66.7 Å². The lowest BCUT2D eigenvalue weighted by Gasteiger charge is -2.09. The van der Waals surface area contributed by atoms with Crippen LogP contribution >= 0.6 is 23.2 Å². The van der Waals surface area contributed by atoms with Crippen LogP contribution in [-0.2, 0) is 11.3 Å². The molecule has 0 saturated carbocycles. The molecule has 8 heteroatoms. The van der Waals surface area contributed by atoms with E-state index in [9.17, 15) is 14.4 Å². The summed E-state index contributed by atoms with van der Waals surface area (Å²) in [5.74, 6) is -0.828. The summed E-state index contributed by atoms with van der Waals surface area (Å²) in [7, 11) is 0. The van der Waals surface area contributed by atoms with E-state index in [4.69, 9.17) is 27.9 Å². The minimum atomic E-state index is -0.456. The molecule has 2 N–H and O–H groups in total. The van der Waals surface area contributed by atoms with Crippen LogP contribution in [0.4, 0.5) is 5.69 Å². The Balaban J connectivity index is 1.58. The first kappa shape index (κ1) is 22.3. The van der Waals surface area contributed by atoms with Gasteiger partial charge in [0.05, 0.1) is 10.6 Å². The van der Waals surface area contributed by atoms with Crippen molar-refractivity contribution in [3.05, 3.63) is 93.5 Å². The predicted octanol–water partition coefficient (Wildman–Crippen LogP) is 5.10. The monoisotopic (exact) mass is 456 g/mol. The zero-order chi connectivity index (χ0) is 22.4. The zero-order valence-electron chi connectivity index (χ0n) is 16.4. The van der Waals surface area contributed by atoms with Crippen molar-refractivity contribution in [2.24, 2.45) is 0 Å². The van der Waals surface area contributed by atoms with E-state index in [0.717, 1.165) is 5.56 Å². The topological polar surface area (TPSA) is 84.5 Å². The maximum atomic E-state index is 12.4. The molecule has 0 unspecified atom stereocenters. The lowest BCUT2D eigenvalue weighted by Crippen LogP contribution is -2.22. The van der Waals surface area contributed by atoms with Gasteiger partial charge in [-0.1, -0.05) is 41.4 Å². The molecule has 0 aliphatic carbocycles. The quantitative estimate of drug-likeness (QED) is 0.399. The van der Waals surface area contributed by atoms with Gasteiger partial charge in [-0.25, -0.2) is 0 Å². The van der Waals surface area contributed by atoms with E-state index in [0.29, 0.717) is 27.0 Å². The second-order valence-corrected chi connectivity index (χ2v) is 7.42. The van der Waals surface area contributed by atoms with Gasteiger partial charge in [-0.3, -0.25) is 14.4 Å². The third-order valence-corrected chi connectivity index (χ3v) is 4.76. The van der Waals surface area contributed by atoms with Crippen LogP contribution in [-0.4, -0.2) is 17.8 Å². The molecule has 3 aromatic rings. The smallest absolute Gasteiger partial charge is 0.308 e. The van der Waals surface area contributed by atoms with Gasteiger partial charge in [-0.2, -0.15) is 0 Å². The number of hydrogen-bond acceptors (Lipinski definition) is 4. The van der Waals surface area contributed by atoms with Crippen LogP contribution in [0.1, 0.15) is 33.2 Å². The number of hydrogen-bond donors (Lipinski definition) is 2. The highest BCUT2D eigenvalue weighted by Gasteiger charge is 2.12. The largest absolute Gasteiger partial charge is 0.427 e. The molecule has 6 nitrogen and oxygen atoms in total. The fourth-order valence-electron chi connectivity index (χ4n) is 2.73. The minimum Gasteiger partial charge on any atom is -0.427 e. The van der Waals surface area contributed by atoms with Crippen molar-refractivity contribution >= 4 is 46.7 Å². The van der Waals surface area contributed by atoms with Gasteiger partial charge in [0, 0.05) is 29.7 Å². The highest BCUT2D eigenvalue weighted by molar-refractivity contribution is 6.36. The lowest BCUT2D eigenvalue weighted by atomic mass is 10.1. The van der Waals surface area contributed by atoms with Gasteiger partial charge in [0.25, 0.3) is 11.8 Å². The average Bonchev–Trinajstić information content (AvgIpc) is 2.74. The first-order valence-electron chi connectivity index (χ1n) is 9.24. The van der Waals surface area contributed by atoms with Gasteiger partial charge in [0.1, 0.15) is 5.75 Å². The van der Waals surface area contributed by atoms with E-state index < -0.39 is 5.97 Å². The van der Waals surface area contributed by atoms with E-state index in [1.165, 1.54) is 19.1 Å². The van der Waals surface area contributed by atoms with Crippen LogP contribution < -0.4 is 15.4 Å². The van der Waals surface area contributed by atoms with Gasteiger partial charge in [0.2, 0.25) is 0 Å². The minimum absolute atomic E-state index is 0.279. The molecule has 31 heavy (non-hydrogen) atoms. The Morgan fingerprint density at radius 2 is 1.65 bits per heavy atom. The van der Waals surface area contributed by atoms with Crippen molar-refractivity contribution in [3.8, 4) is 5.75 Å². The van der Waals surface area contributed by atoms with Gasteiger partial charge in [-0.05, 0) is 54.1 Å². The first-order valence-corrected chi connectivity index (χ1v) is 9.99. The maximum Gasteiger partial charge on any atom is 0.308 e. The van der Waals surface area contributed by atoms with Crippen LogP contribution in [0, 0.1) is 0 Å². The van der Waals surface area contributed by atoms with Crippen molar-refractivity contribution in [2.75, 3.05) is 5.32 Å². The zero-order valence-corrected chi connectivity index (χ0v) is 18.0. The van der Waals surface area contributed by atoms with E-state index in [1.54, 1.807) is 54.6 Å². The number of benzene rings is 3. The number of nitrogens with one attached hydrogen (secondary N) is 2. The molecule has 0 bridgehead atoms. The molecular weight excluding hydrogens is 439 g/mol. The molecule has 0 aromatic heterocycles. The van der Waals surface area contributed by atoms with Gasteiger partial charge in [-0.15, -0.1) is 0 Å². The number of rotatable bonds is 6. The second-order valence-electron chi connectivity index (χ2n) is 6.58. The summed E-state index contributed by atoms with van der Waals surface area (Å²) in [6.45, 7) is 1.58.